The summed E-state index contributed by atoms with van der Waals surface area (Å²) in [7, 11) is 1.25. The normalized spacial score (nSPS) is 14.3. The number of ether oxygens (including phenoxy) is 5. The van der Waals surface area contributed by atoms with E-state index in [0.29, 0.717) is 32.4 Å². The molecule has 44 heavy (non-hydrogen) atoms. The van der Waals surface area contributed by atoms with Crippen molar-refractivity contribution in [1.29, 1.82) is 5.26 Å². The Balaban J connectivity index is 1.93. The molecule has 0 saturated carbocycles. The Morgan fingerprint density at radius 1 is 1.11 bits per heavy atom. The Kier molecular flexibility index (Phi) is 10.7. The van der Waals surface area contributed by atoms with Gasteiger partial charge >= 0.3 is 11.9 Å². The van der Waals surface area contributed by atoms with Gasteiger partial charge in [0.15, 0.2) is 29.5 Å². The topological polar surface area (TPSA) is 138 Å². The number of nitrogens with zero attached hydrogens (tertiary/aromatic N) is 3. The number of benzene rings is 2. The van der Waals surface area contributed by atoms with Gasteiger partial charge in [0, 0.05) is 10.6 Å². The van der Waals surface area contributed by atoms with E-state index >= 15 is 0 Å². The fraction of sp³-hybridized carbons (Fsp3) is 0.300. The standard InChI is InChI=1S/C30H27Cl2N3O8S/c1-5-40-22-12-17(7-8-21(22)43-15-24(36)39-4)26-25(29(38)41-6-2)16(3)34-30-35(26)28(37)23(44-30)13-18-11-19(31)14-20(32)27(18)42-10-9-33/h7-8,11-14,26H,5-6,10,15H2,1-4H3/b23-13+/t26-/m1/s1. The van der Waals surface area contributed by atoms with Crippen molar-refractivity contribution in [3.8, 4) is 23.3 Å². The number of hydrogen-bond donors (Lipinski definition) is 0. The van der Waals surface area contributed by atoms with Crippen molar-refractivity contribution in [3.63, 3.8) is 0 Å². The van der Waals surface area contributed by atoms with Gasteiger partial charge in [0.1, 0.15) is 11.8 Å². The van der Waals surface area contributed by atoms with Crippen LogP contribution in [0.25, 0.3) is 6.08 Å². The summed E-state index contributed by atoms with van der Waals surface area (Å²) in [6, 6.07) is 8.87. The van der Waals surface area contributed by atoms with Gasteiger partial charge < -0.3 is 23.7 Å². The van der Waals surface area contributed by atoms with E-state index in [-0.39, 0.29) is 53.1 Å². The van der Waals surface area contributed by atoms with E-state index in [1.54, 1.807) is 51.1 Å². The molecule has 0 unspecified atom stereocenters. The Bertz CT molecular complexity index is 1860. The van der Waals surface area contributed by atoms with E-state index in [2.05, 4.69) is 9.73 Å². The van der Waals surface area contributed by atoms with Crippen LogP contribution in [-0.2, 0) is 19.1 Å². The molecule has 0 aliphatic carbocycles. The highest BCUT2D eigenvalue weighted by molar-refractivity contribution is 7.07. The highest BCUT2D eigenvalue weighted by Crippen LogP contribution is 2.37. The monoisotopic (exact) mass is 659 g/mol. The number of carbonyl (C=O) groups is 2. The zero-order valence-electron chi connectivity index (χ0n) is 24.1. The van der Waals surface area contributed by atoms with Crippen molar-refractivity contribution in [2.24, 2.45) is 4.99 Å². The van der Waals surface area contributed by atoms with Crippen molar-refractivity contribution in [1.82, 2.24) is 4.57 Å². The predicted molar refractivity (Wildman–Crippen MR) is 163 cm³/mol. The quantitative estimate of drug-likeness (QED) is 0.280. The number of esters is 2. The fourth-order valence-electron chi connectivity index (χ4n) is 4.47. The number of hydrogen-bond acceptors (Lipinski definition) is 11. The minimum atomic E-state index is -0.946. The molecule has 0 spiro atoms. The van der Waals surface area contributed by atoms with Crippen LogP contribution in [0, 0.1) is 11.3 Å². The van der Waals surface area contributed by atoms with Gasteiger partial charge in [-0.15, -0.1) is 0 Å². The first-order chi connectivity index (χ1) is 21.1. The molecule has 1 atom stereocenters. The number of thiazole rings is 1. The van der Waals surface area contributed by atoms with Crippen LogP contribution in [0.3, 0.4) is 0 Å². The average Bonchev–Trinajstić information content (AvgIpc) is 3.29. The van der Waals surface area contributed by atoms with Gasteiger partial charge in [-0.25, -0.2) is 14.6 Å². The van der Waals surface area contributed by atoms with Crippen LogP contribution in [0.2, 0.25) is 10.0 Å². The molecule has 3 aromatic rings. The van der Waals surface area contributed by atoms with Gasteiger partial charge in [0.25, 0.3) is 5.56 Å². The number of carbonyl (C=O) groups excluding carboxylic acids is 2. The fourth-order valence-corrected chi connectivity index (χ4v) is 6.07. The molecule has 11 nitrogen and oxygen atoms in total. The third kappa shape index (κ3) is 6.91. The van der Waals surface area contributed by atoms with Crippen LogP contribution >= 0.6 is 34.5 Å². The van der Waals surface area contributed by atoms with Crippen LogP contribution in [-0.4, -0.2) is 50.0 Å². The molecule has 2 aromatic carbocycles. The molecular weight excluding hydrogens is 633 g/mol. The summed E-state index contributed by atoms with van der Waals surface area (Å²) in [6.45, 7) is 4.90. The smallest absolute Gasteiger partial charge is 0.343 e. The number of allylic oxidation sites excluding steroid dienone is 1. The number of halogens is 2. The van der Waals surface area contributed by atoms with Crippen molar-refractivity contribution < 1.29 is 33.3 Å². The van der Waals surface area contributed by atoms with Gasteiger partial charge in [0.05, 0.1) is 47.2 Å². The Morgan fingerprint density at radius 3 is 2.57 bits per heavy atom. The van der Waals surface area contributed by atoms with Gasteiger partial charge in [0.2, 0.25) is 0 Å². The summed E-state index contributed by atoms with van der Waals surface area (Å²) in [6.07, 6.45) is 1.55. The molecule has 2 heterocycles. The number of nitriles is 1. The molecule has 230 valence electrons. The molecule has 4 rings (SSSR count). The summed E-state index contributed by atoms with van der Waals surface area (Å²) in [5, 5.41) is 9.49. The highest BCUT2D eigenvalue weighted by Gasteiger charge is 2.34. The highest BCUT2D eigenvalue weighted by atomic mass is 35.5. The Labute approximate surface area is 266 Å². The number of fused-ring (bicyclic) bond motifs is 1. The molecule has 14 heteroatoms. The van der Waals surface area contributed by atoms with Crippen molar-refractivity contribution in [3.05, 3.63) is 82.5 Å². The third-order valence-corrected chi connectivity index (χ3v) is 7.76. The zero-order valence-corrected chi connectivity index (χ0v) is 26.5. The van der Waals surface area contributed by atoms with E-state index in [0.717, 1.165) is 11.3 Å². The molecule has 0 amide bonds. The van der Waals surface area contributed by atoms with Gasteiger partial charge in [-0.3, -0.25) is 9.36 Å². The second-order valence-corrected chi connectivity index (χ2v) is 10.9. The molecule has 0 radical (unpaired) electrons. The molecule has 1 aromatic heterocycles. The second kappa shape index (κ2) is 14.4. The molecule has 1 aliphatic heterocycles. The van der Waals surface area contributed by atoms with Gasteiger partial charge in [-0.2, -0.15) is 5.26 Å². The van der Waals surface area contributed by atoms with Crippen LogP contribution < -0.4 is 29.1 Å². The van der Waals surface area contributed by atoms with Crippen LogP contribution in [0.5, 0.6) is 17.2 Å². The van der Waals surface area contributed by atoms with Crippen LogP contribution in [0.15, 0.2) is 51.4 Å². The SMILES string of the molecule is CCOC(=O)C1=C(C)N=c2s/c(=C/c3cc(Cl)cc(Cl)c3OCC#N)c(=O)n2[C@@H]1c1ccc(OCC(=O)OC)c(OCC)c1. The molecule has 0 bridgehead atoms. The molecule has 0 saturated heterocycles. The van der Waals surface area contributed by atoms with Gasteiger partial charge in [-0.1, -0.05) is 40.6 Å². The maximum absolute atomic E-state index is 14.1. The molecule has 0 fully saturated rings. The molecular formula is C30H27Cl2N3O8S. The first-order valence-corrected chi connectivity index (χ1v) is 14.8. The number of rotatable bonds is 11. The van der Waals surface area contributed by atoms with E-state index in [9.17, 15) is 14.4 Å². The summed E-state index contributed by atoms with van der Waals surface area (Å²) in [5.41, 5.74) is 0.966. The van der Waals surface area contributed by atoms with Gasteiger partial charge in [-0.05, 0) is 56.7 Å². The predicted octanol–water partition coefficient (Wildman–Crippen LogP) is 3.96. The van der Waals surface area contributed by atoms with E-state index in [4.69, 9.17) is 47.4 Å². The lowest BCUT2D eigenvalue weighted by Crippen LogP contribution is -2.40. The van der Waals surface area contributed by atoms with E-state index in [1.807, 2.05) is 6.07 Å². The number of aromatic nitrogens is 1. The average molecular weight is 661 g/mol. The lowest BCUT2D eigenvalue weighted by molar-refractivity contribution is -0.143. The van der Waals surface area contributed by atoms with Crippen molar-refractivity contribution >= 4 is 52.6 Å². The maximum Gasteiger partial charge on any atom is 0.343 e. The Morgan fingerprint density at radius 2 is 1.89 bits per heavy atom. The van der Waals surface area contributed by atoms with Crippen LogP contribution in [0.1, 0.15) is 37.9 Å². The summed E-state index contributed by atoms with van der Waals surface area (Å²) in [5.74, 6) is -0.455. The van der Waals surface area contributed by atoms with Crippen LogP contribution in [0.4, 0.5) is 0 Å². The summed E-state index contributed by atoms with van der Waals surface area (Å²) < 4.78 is 28.6. The maximum atomic E-state index is 14.1. The zero-order chi connectivity index (χ0) is 32.0. The van der Waals surface area contributed by atoms with Crippen molar-refractivity contribution in [2.75, 3.05) is 33.5 Å². The summed E-state index contributed by atoms with van der Waals surface area (Å²) >= 11 is 13.7. The Hall–Kier alpha value is -4.31. The largest absolute Gasteiger partial charge is 0.490 e. The third-order valence-electron chi connectivity index (χ3n) is 6.28. The van der Waals surface area contributed by atoms with E-state index in [1.165, 1.54) is 17.7 Å². The number of methoxy groups -OCH3 is 1. The minimum Gasteiger partial charge on any atom is -0.490 e. The lowest BCUT2D eigenvalue weighted by atomic mass is 9.95. The molecule has 0 N–H and O–H groups in total. The first kappa shape index (κ1) is 32.6. The van der Waals surface area contributed by atoms with Crippen molar-refractivity contribution in [2.45, 2.75) is 26.8 Å². The summed E-state index contributed by atoms with van der Waals surface area (Å²) in [4.78, 5) is 43.9. The van der Waals surface area contributed by atoms with E-state index < -0.39 is 23.5 Å². The lowest BCUT2D eigenvalue weighted by Gasteiger charge is -2.25. The molecule has 1 aliphatic rings. The minimum absolute atomic E-state index is 0.109. The first-order valence-electron chi connectivity index (χ1n) is 13.3. The second-order valence-electron chi connectivity index (χ2n) is 9.06.